The molecule has 0 aromatic heterocycles. The van der Waals surface area contributed by atoms with Crippen molar-refractivity contribution in [1.29, 1.82) is 0 Å². The summed E-state index contributed by atoms with van der Waals surface area (Å²) in [6.07, 6.45) is 0.441. The van der Waals surface area contributed by atoms with E-state index in [0.717, 1.165) is 0 Å². The molecule has 5 heteroatoms. The summed E-state index contributed by atoms with van der Waals surface area (Å²) in [4.78, 5) is 25.1. The van der Waals surface area contributed by atoms with Gasteiger partial charge in [-0.3, -0.25) is 9.59 Å². The average molecular weight is 279 g/mol. The van der Waals surface area contributed by atoms with Gasteiger partial charge in [0, 0.05) is 18.0 Å². The van der Waals surface area contributed by atoms with Crippen LogP contribution in [0.5, 0.6) is 0 Å². The van der Waals surface area contributed by atoms with Crippen LogP contribution in [0.2, 0.25) is 0 Å². The number of halogens is 1. The van der Waals surface area contributed by atoms with E-state index in [9.17, 15) is 19.1 Å². The number of hydrogen-bond donors (Lipinski definition) is 1. The number of carboxylic acids is 1. The summed E-state index contributed by atoms with van der Waals surface area (Å²) >= 11 is 0. The first-order valence-electron chi connectivity index (χ1n) is 6.72. The molecule has 0 aliphatic carbocycles. The highest BCUT2D eigenvalue weighted by Gasteiger charge is 2.42. The lowest BCUT2D eigenvalue weighted by Crippen LogP contribution is -2.48. The molecule has 0 bridgehead atoms. The van der Waals surface area contributed by atoms with E-state index in [2.05, 4.69) is 0 Å². The molecule has 1 heterocycles. The standard InChI is InChI=1S/C15H18FNO3/c1-9(2)17-13(18)8-7-11(15(19)20)14(17)10-5-3-4-6-12(10)16/h3-6,9,11,14H,7-8H2,1-2H3,(H,19,20). The topological polar surface area (TPSA) is 57.6 Å². The van der Waals surface area contributed by atoms with Gasteiger partial charge in [0.15, 0.2) is 0 Å². The molecule has 0 saturated carbocycles. The predicted molar refractivity (Wildman–Crippen MR) is 71.5 cm³/mol. The highest BCUT2D eigenvalue weighted by molar-refractivity contribution is 5.82. The molecule has 0 radical (unpaired) electrons. The van der Waals surface area contributed by atoms with Crippen molar-refractivity contribution in [3.05, 3.63) is 35.6 Å². The third kappa shape index (κ3) is 2.53. The Morgan fingerprint density at radius 3 is 2.60 bits per heavy atom. The van der Waals surface area contributed by atoms with E-state index in [4.69, 9.17) is 0 Å². The minimum atomic E-state index is -0.989. The van der Waals surface area contributed by atoms with Gasteiger partial charge in [0.2, 0.25) is 5.91 Å². The Hall–Kier alpha value is -1.91. The smallest absolute Gasteiger partial charge is 0.308 e. The maximum Gasteiger partial charge on any atom is 0.308 e. The van der Waals surface area contributed by atoms with E-state index in [1.54, 1.807) is 18.2 Å². The molecule has 1 fully saturated rings. The van der Waals surface area contributed by atoms with Crippen molar-refractivity contribution in [1.82, 2.24) is 4.90 Å². The van der Waals surface area contributed by atoms with Crippen molar-refractivity contribution in [2.45, 2.75) is 38.8 Å². The van der Waals surface area contributed by atoms with E-state index in [0.29, 0.717) is 0 Å². The van der Waals surface area contributed by atoms with Crippen LogP contribution in [0.15, 0.2) is 24.3 Å². The summed E-state index contributed by atoms with van der Waals surface area (Å²) in [5.41, 5.74) is 0.279. The molecule has 2 unspecified atom stereocenters. The molecule has 1 aromatic carbocycles. The SMILES string of the molecule is CC(C)N1C(=O)CCC(C(=O)O)C1c1ccccc1F. The normalized spacial score (nSPS) is 23.2. The van der Waals surface area contributed by atoms with Crippen LogP contribution < -0.4 is 0 Å². The number of rotatable bonds is 3. The molecule has 0 spiro atoms. The summed E-state index contributed by atoms with van der Waals surface area (Å²) in [7, 11) is 0. The molecule has 20 heavy (non-hydrogen) atoms. The minimum Gasteiger partial charge on any atom is -0.481 e. The number of nitrogens with zero attached hydrogens (tertiary/aromatic N) is 1. The Bertz CT molecular complexity index is 530. The van der Waals surface area contributed by atoms with Gasteiger partial charge in [-0.25, -0.2) is 4.39 Å². The zero-order valence-electron chi connectivity index (χ0n) is 11.5. The summed E-state index contributed by atoms with van der Waals surface area (Å²) in [6.45, 7) is 3.63. The molecule has 1 N–H and O–H groups in total. The van der Waals surface area contributed by atoms with Crippen LogP contribution in [-0.4, -0.2) is 27.9 Å². The fraction of sp³-hybridized carbons (Fsp3) is 0.467. The maximum absolute atomic E-state index is 14.0. The second-order valence-electron chi connectivity index (χ2n) is 5.34. The number of likely N-dealkylation sites (tertiary alicyclic amines) is 1. The lowest BCUT2D eigenvalue weighted by Gasteiger charge is -2.42. The molecule has 4 nitrogen and oxygen atoms in total. The Balaban J connectivity index is 2.52. The average Bonchev–Trinajstić information content (AvgIpc) is 2.38. The van der Waals surface area contributed by atoms with Crippen LogP contribution in [0.25, 0.3) is 0 Å². The zero-order valence-corrected chi connectivity index (χ0v) is 11.5. The number of amides is 1. The van der Waals surface area contributed by atoms with Crippen LogP contribution >= 0.6 is 0 Å². The van der Waals surface area contributed by atoms with Crippen molar-refractivity contribution in [2.75, 3.05) is 0 Å². The third-order valence-electron chi connectivity index (χ3n) is 3.74. The summed E-state index contributed by atoms with van der Waals surface area (Å²) in [5, 5.41) is 9.39. The van der Waals surface area contributed by atoms with Crippen molar-refractivity contribution in [3.8, 4) is 0 Å². The monoisotopic (exact) mass is 279 g/mol. The first-order chi connectivity index (χ1) is 9.43. The summed E-state index contributed by atoms with van der Waals surface area (Å²) < 4.78 is 14.0. The number of carbonyl (C=O) groups excluding carboxylic acids is 1. The number of hydrogen-bond acceptors (Lipinski definition) is 2. The fourth-order valence-electron chi connectivity index (χ4n) is 2.86. The highest BCUT2D eigenvalue weighted by Crippen LogP contribution is 2.39. The van der Waals surface area contributed by atoms with Gasteiger partial charge in [-0.15, -0.1) is 0 Å². The van der Waals surface area contributed by atoms with E-state index in [1.165, 1.54) is 11.0 Å². The summed E-state index contributed by atoms with van der Waals surface area (Å²) in [5.74, 6) is -2.35. The number of aliphatic carboxylic acids is 1. The van der Waals surface area contributed by atoms with Crippen LogP contribution in [-0.2, 0) is 9.59 Å². The number of piperidine rings is 1. The van der Waals surface area contributed by atoms with E-state index in [1.807, 2.05) is 13.8 Å². The molecular formula is C15H18FNO3. The van der Waals surface area contributed by atoms with Crippen molar-refractivity contribution in [2.24, 2.45) is 5.92 Å². The van der Waals surface area contributed by atoms with E-state index >= 15 is 0 Å². The largest absolute Gasteiger partial charge is 0.481 e. The van der Waals surface area contributed by atoms with Gasteiger partial charge in [0.1, 0.15) is 5.82 Å². The van der Waals surface area contributed by atoms with E-state index in [-0.39, 0.29) is 30.4 Å². The van der Waals surface area contributed by atoms with Crippen molar-refractivity contribution in [3.63, 3.8) is 0 Å². The van der Waals surface area contributed by atoms with Gasteiger partial charge in [-0.05, 0) is 26.3 Å². The maximum atomic E-state index is 14.0. The second-order valence-corrected chi connectivity index (χ2v) is 5.34. The van der Waals surface area contributed by atoms with Crippen LogP contribution in [0, 0.1) is 11.7 Å². The predicted octanol–water partition coefficient (Wildman–Crippen LogP) is 2.60. The van der Waals surface area contributed by atoms with Crippen LogP contribution in [0.4, 0.5) is 4.39 Å². The fourth-order valence-corrected chi connectivity index (χ4v) is 2.86. The Morgan fingerprint density at radius 2 is 2.05 bits per heavy atom. The summed E-state index contributed by atoms with van der Waals surface area (Å²) in [6, 6.07) is 5.16. The van der Waals surface area contributed by atoms with Gasteiger partial charge in [-0.1, -0.05) is 18.2 Å². The molecule has 2 atom stereocenters. The Labute approximate surface area is 117 Å². The van der Waals surface area contributed by atoms with Crippen LogP contribution in [0.1, 0.15) is 38.3 Å². The van der Waals surface area contributed by atoms with Crippen molar-refractivity contribution < 1.29 is 19.1 Å². The number of benzene rings is 1. The minimum absolute atomic E-state index is 0.120. The van der Waals surface area contributed by atoms with Gasteiger partial charge < -0.3 is 10.0 Å². The molecule has 1 saturated heterocycles. The lowest BCUT2D eigenvalue weighted by atomic mass is 9.83. The zero-order chi connectivity index (χ0) is 14.9. The van der Waals surface area contributed by atoms with Gasteiger partial charge >= 0.3 is 5.97 Å². The molecule has 1 amide bonds. The Kier molecular flexibility index (Phi) is 4.06. The quantitative estimate of drug-likeness (QED) is 0.925. The third-order valence-corrected chi connectivity index (χ3v) is 3.74. The molecule has 1 aromatic rings. The van der Waals surface area contributed by atoms with E-state index < -0.39 is 23.7 Å². The molecular weight excluding hydrogens is 261 g/mol. The molecule has 1 aliphatic heterocycles. The lowest BCUT2D eigenvalue weighted by molar-refractivity contribution is -0.153. The highest BCUT2D eigenvalue weighted by atomic mass is 19.1. The van der Waals surface area contributed by atoms with Gasteiger partial charge in [0.05, 0.1) is 12.0 Å². The first-order valence-corrected chi connectivity index (χ1v) is 6.72. The number of carbonyl (C=O) groups is 2. The number of carboxylic acid groups (broad SMARTS) is 1. The van der Waals surface area contributed by atoms with Crippen molar-refractivity contribution >= 4 is 11.9 Å². The van der Waals surface area contributed by atoms with Crippen LogP contribution in [0.3, 0.4) is 0 Å². The molecule has 1 aliphatic rings. The Morgan fingerprint density at radius 1 is 1.40 bits per heavy atom. The second kappa shape index (κ2) is 5.61. The molecule has 108 valence electrons. The first kappa shape index (κ1) is 14.5. The van der Waals surface area contributed by atoms with Gasteiger partial charge in [-0.2, -0.15) is 0 Å². The molecule has 2 rings (SSSR count). The van der Waals surface area contributed by atoms with Gasteiger partial charge in [0.25, 0.3) is 0 Å².